The van der Waals surface area contributed by atoms with Crippen LogP contribution in [0.2, 0.25) is 0 Å². The van der Waals surface area contributed by atoms with Gasteiger partial charge in [-0.3, -0.25) is 14.6 Å². The average Bonchev–Trinajstić information content (AvgIpc) is 3.40. The van der Waals surface area contributed by atoms with Crippen molar-refractivity contribution in [1.29, 1.82) is 0 Å². The fourth-order valence-electron chi connectivity index (χ4n) is 3.55. The minimum atomic E-state index is -0.516. The van der Waals surface area contributed by atoms with Gasteiger partial charge in [0.2, 0.25) is 0 Å². The smallest absolute Gasteiger partial charge is 0.264 e. The van der Waals surface area contributed by atoms with E-state index in [1.165, 1.54) is 19.0 Å². The molecule has 1 fully saturated rings. The normalized spacial score (nSPS) is 15.5. The largest absolute Gasteiger partial charge is 0.342 e. The Kier molecular flexibility index (Phi) is 4.96. The van der Waals surface area contributed by atoms with Crippen molar-refractivity contribution >= 4 is 5.91 Å². The first kappa shape index (κ1) is 18.0. The Hall–Kier alpha value is -3.36. The topological polar surface area (TPSA) is 118 Å². The van der Waals surface area contributed by atoms with Crippen molar-refractivity contribution in [1.82, 2.24) is 35.0 Å². The zero-order valence-electron chi connectivity index (χ0n) is 15.5. The summed E-state index contributed by atoms with van der Waals surface area (Å²) in [5.74, 6) is 0.501. The molecular weight excluding hydrogens is 358 g/mol. The lowest BCUT2D eigenvalue weighted by Crippen LogP contribution is -2.33. The number of aromatic nitrogens is 6. The third kappa shape index (κ3) is 3.55. The molecule has 28 heavy (non-hydrogen) atoms. The fourth-order valence-corrected chi connectivity index (χ4v) is 3.55. The van der Waals surface area contributed by atoms with E-state index < -0.39 is 11.5 Å². The van der Waals surface area contributed by atoms with E-state index in [0.717, 1.165) is 12.8 Å². The number of aromatic amines is 1. The zero-order chi connectivity index (χ0) is 19.5. The van der Waals surface area contributed by atoms with Crippen LogP contribution in [0.4, 0.5) is 0 Å². The number of hydrogen-bond donors (Lipinski definition) is 2. The molecule has 0 aromatic carbocycles. The van der Waals surface area contributed by atoms with Crippen LogP contribution in [0, 0.1) is 0 Å². The zero-order valence-corrected chi connectivity index (χ0v) is 15.5. The lowest BCUT2D eigenvalue weighted by atomic mass is 10.2. The van der Waals surface area contributed by atoms with Gasteiger partial charge < -0.3 is 14.9 Å². The Labute approximate surface area is 161 Å². The Morgan fingerprint density at radius 3 is 2.82 bits per heavy atom. The van der Waals surface area contributed by atoms with E-state index in [0.29, 0.717) is 23.4 Å². The highest BCUT2D eigenvalue weighted by molar-refractivity contribution is 5.93. The van der Waals surface area contributed by atoms with Crippen LogP contribution in [-0.4, -0.2) is 35.6 Å². The number of pyridine rings is 1. The van der Waals surface area contributed by atoms with Crippen LogP contribution < -0.4 is 10.9 Å². The fraction of sp³-hybridized carbons (Fsp3) is 0.368. The quantitative estimate of drug-likeness (QED) is 0.700. The molecule has 0 aliphatic heterocycles. The van der Waals surface area contributed by atoms with Crippen LogP contribution in [0.15, 0.2) is 41.7 Å². The van der Waals surface area contributed by atoms with Crippen LogP contribution in [0.25, 0.3) is 11.5 Å². The van der Waals surface area contributed by atoms with Gasteiger partial charge in [0.05, 0.1) is 6.04 Å². The highest BCUT2D eigenvalue weighted by Crippen LogP contribution is 2.31. The monoisotopic (exact) mass is 379 g/mol. The average molecular weight is 379 g/mol. The van der Waals surface area contributed by atoms with E-state index >= 15 is 0 Å². The molecule has 1 amide bonds. The molecule has 0 saturated heterocycles. The maximum atomic E-state index is 12.6. The summed E-state index contributed by atoms with van der Waals surface area (Å²) in [6.07, 6.45) is 9.14. The molecule has 0 unspecified atom stereocenters. The van der Waals surface area contributed by atoms with E-state index in [4.69, 9.17) is 0 Å². The molecule has 2 N–H and O–H groups in total. The number of rotatable bonds is 5. The summed E-state index contributed by atoms with van der Waals surface area (Å²) in [6.45, 7) is 1.83. The van der Waals surface area contributed by atoms with Gasteiger partial charge >= 0.3 is 0 Å². The Morgan fingerprint density at radius 2 is 2.11 bits per heavy atom. The van der Waals surface area contributed by atoms with Gasteiger partial charge in [-0.2, -0.15) is 0 Å². The number of hydrogen-bond acceptors (Lipinski definition) is 6. The van der Waals surface area contributed by atoms with Crippen LogP contribution in [-0.2, 0) is 0 Å². The summed E-state index contributed by atoms with van der Waals surface area (Å²) in [4.78, 5) is 35.9. The van der Waals surface area contributed by atoms with Crippen molar-refractivity contribution in [2.45, 2.75) is 44.7 Å². The molecule has 0 radical (unpaired) electrons. The van der Waals surface area contributed by atoms with Gasteiger partial charge in [-0.05, 0) is 31.9 Å². The van der Waals surface area contributed by atoms with Crippen LogP contribution >= 0.6 is 0 Å². The lowest BCUT2D eigenvalue weighted by molar-refractivity contribution is 0.0935. The highest BCUT2D eigenvalue weighted by atomic mass is 16.2. The molecule has 1 aliphatic carbocycles. The first-order valence-corrected chi connectivity index (χ1v) is 9.34. The Balaban J connectivity index is 1.51. The summed E-state index contributed by atoms with van der Waals surface area (Å²) in [5, 5.41) is 11.0. The summed E-state index contributed by atoms with van der Waals surface area (Å²) in [5.41, 5.74) is -0.0410. The van der Waals surface area contributed by atoms with Gasteiger partial charge in [-0.15, -0.1) is 10.2 Å². The van der Waals surface area contributed by atoms with Gasteiger partial charge in [0.25, 0.3) is 11.5 Å². The van der Waals surface area contributed by atoms with Crippen LogP contribution in [0.3, 0.4) is 0 Å². The first-order chi connectivity index (χ1) is 13.6. The molecule has 1 saturated carbocycles. The minimum absolute atomic E-state index is 0.0570. The maximum absolute atomic E-state index is 12.6. The molecule has 3 aromatic rings. The highest BCUT2D eigenvalue weighted by Gasteiger charge is 2.24. The SMILES string of the molecule is C[C@H](NC(=O)c1cnc(-c2ccccn2)[nH]c1=O)c1nncn1C1CCCC1. The van der Waals surface area contributed by atoms with Gasteiger partial charge in [0.1, 0.15) is 17.6 Å². The predicted octanol–water partition coefficient (Wildman–Crippen LogP) is 2.03. The van der Waals surface area contributed by atoms with Crippen molar-refractivity contribution in [3.05, 3.63) is 58.7 Å². The van der Waals surface area contributed by atoms with E-state index in [-0.39, 0.29) is 11.6 Å². The molecule has 3 heterocycles. The number of nitrogens with one attached hydrogen (secondary N) is 2. The van der Waals surface area contributed by atoms with E-state index in [1.807, 2.05) is 11.5 Å². The second-order valence-corrected chi connectivity index (χ2v) is 6.92. The van der Waals surface area contributed by atoms with Gasteiger partial charge in [-0.25, -0.2) is 4.98 Å². The van der Waals surface area contributed by atoms with Gasteiger partial charge in [0.15, 0.2) is 11.6 Å². The number of carbonyl (C=O) groups is 1. The molecule has 0 spiro atoms. The second kappa shape index (κ2) is 7.71. The van der Waals surface area contributed by atoms with Crippen molar-refractivity contribution < 1.29 is 4.79 Å². The number of nitrogens with zero attached hydrogens (tertiary/aromatic N) is 5. The van der Waals surface area contributed by atoms with Crippen LogP contribution in [0.1, 0.15) is 60.9 Å². The molecule has 1 aliphatic rings. The first-order valence-electron chi connectivity index (χ1n) is 9.34. The second-order valence-electron chi connectivity index (χ2n) is 6.92. The molecule has 4 rings (SSSR count). The lowest BCUT2D eigenvalue weighted by Gasteiger charge is -2.18. The van der Waals surface area contributed by atoms with E-state index in [1.54, 1.807) is 30.7 Å². The van der Waals surface area contributed by atoms with Crippen molar-refractivity contribution in [2.24, 2.45) is 0 Å². The maximum Gasteiger partial charge on any atom is 0.264 e. The Morgan fingerprint density at radius 1 is 1.29 bits per heavy atom. The molecule has 0 bridgehead atoms. The minimum Gasteiger partial charge on any atom is -0.342 e. The van der Waals surface area contributed by atoms with Gasteiger partial charge in [-0.1, -0.05) is 18.9 Å². The number of H-pyrrole nitrogens is 1. The predicted molar refractivity (Wildman–Crippen MR) is 101 cm³/mol. The summed E-state index contributed by atoms with van der Waals surface area (Å²) in [6, 6.07) is 5.29. The molecule has 144 valence electrons. The van der Waals surface area contributed by atoms with E-state index in [9.17, 15) is 9.59 Å². The van der Waals surface area contributed by atoms with Crippen molar-refractivity contribution in [3.8, 4) is 11.5 Å². The standard InChI is InChI=1S/C19H21N7O2/c1-12(17-25-22-11-26(17)13-6-2-3-7-13)23-18(27)14-10-21-16(24-19(14)28)15-8-4-5-9-20-15/h4-5,8-13H,2-3,6-7H2,1H3,(H,23,27)(H,21,24,28)/t12-/m0/s1. The molecule has 1 atom stereocenters. The third-order valence-electron chi connectivity index (χ3n) is 5.01. The number of carbonyl (C=O) groups excluding carboxylic acids is 1. The summed E-state index contributed by atoms with van der Waals surface area (Å²) in [7, 11) is 0. The van der Waals surface area contributed by atoms with Crippen LogP contribution in [0.5, 0.6) is 0 Å². The Bertz CT molecular complexity index is 1020. The summed E-state index contributed by atoms with van der Waals surface area (Å²) >= 11 is 0. The molecule has 9 nitrogen and oxygen atoms in total. The summed E-state index contributed by atoms with van der Waals surface area (Å²) < 4.78 is 2.03. The number of amides is 1. The molecule has 3 aromatic heterocycles. The van der Waals surface area contributed by atoms with Crippen molar-refractivity contribution in [2.75, 3.05) is 0 Å². The van der Waals surface area contributed by atoms with Gasteiger partial charge in [0, 0.05) is 18.4 Å². The van der Waals surface area contributed by atoms with E-state index in [2.05, 4.69) is 30.5 Å². The molecular formula is C19H21N7O2. The van der Waals surface area contributed by atoms with Crippen molar-refractivity contribution in [3.63, 3.8) is 0 Å². The third-order valence-corrected chi connectivity index (χ3v) is 5.01. The molecule has 9 heteroatoms.